The van der Waals surface area contributed by atoms with E-state index in [1.165, 1.54) is 28.0 Å². The largest absolute Gasteiger partial charge is 0.493 e. The first-order valence-corrected chi connectivity index (χ1v) is 12.4. The lowest BCUT2D eigenvalue weighted by molar-refractivity contribution is 0.210. The maximum Gasteiger partial charge on any atom is 0.230 e. The topological polar surface area (TPSA) is 75.4 Å². The molecular formula is C25H28FN5O3S. The van der Waals surface area contributed by atoms with Crippen LogP contribution in [-0.2, 0) is 0 Å². The van der Waals surface area contributed by atoms with E-state index in [9.17, 15) is 9.50 Å². The molecule has 5 rings (SSSR count). The number of aryl methyl sites for hydroxylation is 1. The molecule has 0 unspecified atom stereocenters. The van der Waals surface area contributed by atoms with E-state index in [1.54, 1.807) is 7.11 Å². The van der Waals surface area contributed by atoms with Gasteiger partial charge in [-0.2, -0.15) is 4.52 Å². The summed E-state index contributed by atoms with van der Waals surface area (Å²) in [7, 11) is 1.63. The molecule has 0 bridgehead atoms. The molecule has 1 saturated heterocycles. The SMILES string of the molecule is CCOc1ccc([C@H](c2sc3nc(C)nn3c2O)N2CCN(c3ccc(F)cc3)CC2)cc1OC. The Hall–Kier alpha value is -3.37. The average molecular weight is 498 g/mol. The molecule has 0 aliphatic carbocycles. The molecule has 35 heavy (non-hydrogen) atoms. The summed E-state index contributed by atoms with van der Waals surface area (Å²) in [5.74, 6) is 1.81. The van der Waals surface area contributed by atoms with Crippen molar-refractivity contribution < 1.29 is 19.0 Å². The van der Waals surface area contributed by atoms with E-state index in [2.05, 4.69) is 19.9 Å². The lowest BCUT2D eigenvalue weighted by Crippen LogP contribution is -2.47. The third-order valence-electron chi connectivity index (χ3n) is 6.23. The number of fused-ring (bicyclic) bond motifs is 1. The predicted octanol–water partition coefficient (Wildman–Crippen LogP) is 4.26. The van der Waals surface area contributed by atoms with E-state index in [1.807, 2.05) is 44.2 Å². The van der Waals surface area contributed by atoms with E-state index in [-0.39, 0.29) is 17.7 Å². The minimum Gasteiger partial charge on any atom is -0.493 e. The first-order chi connectivity index (χ1) is 17.0. The van der Waals surface area contributed by atoms with Gasteiger partial charge in [0.05, 0.1) is 24.6 Å². The molecular weight excluding hydrogens is 469 g/mol. The number of thiazole rings is 1. The highest BCUT2D eigenvalue weighted by molar-refractivity contribution is 7.17. The van der Waals surface area contributed by atoms with Crippen molar-refractivity contribution >= 4 is 22.0 Å². The van der Waals surface area contributed by atoms with Crippen LogP contribution in [0.5, 0.6) is 17.4 Å². The van der Waals surface area contributed by atoms with Crippen molar-refractivity contribution in [1.82, 2.24) is 19.5 Å². The Labute approximate surface area is 207 Å². The van der Waals surface area contributed by atoms with Crippen molar-refractivity contribution in [2.45, 2.75) is 19.9 Å². The van der Waals surface area contributed by atoms with Crippen molar-refractivity contribution in [1.29, 1.82) is 0 Å². The van der Waals surface area contributed by atoms with Crippen LogP contribution in [0.4, 0.5) is 10.1 Å². The summed E-state index contributed by atoms with van der Waals surface area (Å²) in [6, 6.07) is 12.3. The van der Waals surface area contributed by atoms with Crippen LogP contribution < -0.4 is 14.4 Å². The normalized spacial score (nSPS) is 15.5. The molecule has 0 radical (unpaired) electrons. The molecule has 8 nitrogen and oxygen atoms in total. The van der Waals surface area contributed by atoms with Crippen LogP contribution in [0, 0.1) is 12.7 Å². The fourth-order valence-corrected chi connectivity index (χ4v) is 5.74. The van der Waals surface area contributed by atoms with Gasteiger partial charge in [0.2, 0.25) is 10.8 Å². The number of hydrogen-bond acceptors (Lipinski definition) is 8. The van der Waals surface area contributed by atoms with E-state index >= 15 is 0 Å². The Balaban J connectivity index is 1.50. The molecule has 2 aromatic carbocycles. The summed E-state index contributed by atoms with van der Waals surface area (Å²) in [5, 5.41) is 15.5. The number of aromatic hydroxyl groups is 1. The van der Waals surface area contributed by atoms with Crippen LogP contribution in [0.15, 0.2) is 42.5 Å². The van der Waals surface area contributed by atoms with Crippen LogP contribution >= 0.6 is 11.3 Å². The van der Waals surface area contributed by atoms with Gasteiger partial charge < -0.3 is 19.5 Å². The second-order valence-electron chi connectivity index (χ2n) is 8.39. The number of rotatable bonds is 7. The number of aromatic nitrogens is 3. The Bertz CT molecular complexity index is 1310. The minimum absolute atomic E-state index is 0.101. The van der Waals surface area contributed by atoms with Crippen LogP contribution in [0.2, 0.25) is 0 Å². The molecule has 1 fully saturated rings. The molecule has 3 heterocycles. The highest BCUT2D eigenvalue weighted by atomic mass is 32.1. The van der Waals surface area contributed by atoms with Gasteiger partial charge in [0.1, 0.15) is 11.6 Å². The van der Waals surface area contributed by atoms with E-state index in [0.29, 0.717) is 28.9 Å². The Morgan fingerprint density at radius 3 is 2.49 bits per heavy atom. The summed E-state index contributed by atoms with van der Waals surface area (Å²) in [6.07, 6.45) is 0. The second-order valence-corrected chi connectivity index (χ2v) is 9.40. The third kappa shape index (κ3) is 4.51. The molecule has 10 heteroatoms. The van der Waals surface area contributed by atoms with E-state index in [4.69, 9.17) is 9.47 Å². The molecule has 184 valence electrons. The summed E-state index contributed by atoms with van der Waals surface area (Å²) in [5.41, 5.74) is 1.99. The molecule has 2 aromatic heterocycles. The van der Waals surface area contributed by atoms with Crippen molar-refractivity contribution in [3.8, 4) is 17.4 Å². The van der Waals surface area contributed by atoms with Crippen LogP contribution in [0.3, 0.4) is 0 Å². The van der Waals surface area contributed by atoms with Crippen LogP contribution in [0.25, 0.3) is 4.96 Å². The number of nitrogens with zero attached hydrogens (tertiary/aromatic N) is 5. The van der Waals surface area contributed by atoms with Gasteiger partial charge in [-0.1, -0.05) is 17.4 Å². The molecule has 4 aromatic rings. The molecule has 1 N–H and O–H groups in total. The van der Waals surface area contributed by atoms with Gasteiger partial charge in [-0.25, -0.2) is 9.37 Å². The van der Waals surface area contributed by atoms with Gasteiger partial charge in [-0.3, -0.25) is 4.90 Å². The van der Waals surface area contributed by atoms with Gasteiger partial charge in [-0.05, 0) is 55.8 Å². The lowest BCUT2D eigenvalue weighted by Gasteiger charge is -2.40. The number of ether oxygens (including phenoxy) is 2. The predicted molar refractivity (Wildman–Crippen MR) is 133 cm³/mol. The van der Waals surface area contributed by atoms with Crippen LogP contribution in [-0.4, -0.2) is 64.5 Å². The first-order valence-electron chi connectivity index (χ1n) is 11.6. The number of anilines is 1. The highest BCUT2D eigenvalue weighted by Gasteiger charge is 2.32. The van der Waals surface area contributed by atoms with Gasteiger partial charge in [0.25, 0.3) is 0 Å². The number of methoxy groups -OCH3 is 1. The molecule has 0 saturated carbocycles. The number of halogens is 1. The summed E-state index contributed by atoms with van der Waals surface area (Å²) in [6.45, 7) is 7.34. The smallest absolute Gasteiger partial charge is 0.230 e. The Morgan fingerprint density at radius 2 is 1.83 bits per heavy atom. The average Bonchev–Trinajstić information content (AvgIpc) is 3.38. The van der Waals surface area contributed by atoms with E-state index < -0.39 is 0 Å². The minimum atomic E-state index is -0.237. The van der Waals surface area contributed by atoms with Crippen molar-refractivity contribution in [2.75, 3.05) is 44.8 Å². The number of benzene rings is 2. The zero-order valence-electron chi connectivity index (χ0n) is 19.9. The second kappa shape index (κ2) is 9.71. The van der Waals surface area contributed by atoms with Gasteiger partial charge in [0, 0.05) is 31.9 Å². The quantitative estimate of drug-likeness (QED) is 0.409. The fourth-order valence-electron chi connectivity index (χ4n) is 4.57. The highest BCUT2D eigenvalue weighted by Crippen LogP contribution is 2.42. The maximum atomic E-state index is 13.4. The zero-order chi connectivity index (χ0) is 24.5. The Morgan fingerprint density at radius 1 is 1.09 bits per heavy atom. The molecule has 0 amide bonds. The van der Waals surface area contributed by atoms with Gasteiger partial charge in [-0.15, -0.1) is 5.10 Å². The van der Waals surface area contributed by atoms with Crippen molar-refractivity contribution in [3.05, 3.63) is 64.5 Å². The fraction of sp³-hybridized carbons (Fsp3) is 0.360. The monoisotopic (exact) mass is 497 g/mol. The first kappa shape index (κ1) is 23.4. The number of piperazine rings is 1. The summed E-state index contributed by atoms with van der Waals surface area (Å²) >= 11 is 1.44. The van der Waals surface area contributed by atoms with Crippen LogP contribution in [0.1, 0.15) is 29.2 Å². The van der Waals surface area contributed by atoms with E-state index in [0.717, 1.165) is 42.3 Å². The van der Waals surface area contributed by atoms with Crippen molar-refractivity contribution in [2.24, 2.45) is 0 Å². The molecule has 1 atom stereocenters. The zero-order valence-corrected chi connectivity index (χ0v) is 20.8. The number of hydrogen-bond donors (Lipinski definition) is 1. The summed E-state index contributed by atoms with van der Waals surface area (Å²) in [4.78, 5) is 10.5. The maximum absolute atomic E-state index is 13.4. The molecule has 1 aliphatic heterocycles. The third-order valence-corrected chi connectivity index (χ3v) is 7.30. The molecule has 1 aliphatic rings. The molecule has 0 spiro atoms. The van der Waals surface area contributed by atoms with Gasteiger partial charge >= 0.3 is 0 Å². The van der Waals surface area contributed by atoms with Gasteiger partial charge in [0.15, 0.2) is 11.5 Å². The Kier molecular flexibility index (Phi) is 6.48. The van der Waals surface area contributed by atoms with Crippen molar-refractivity contribution in [3.63, 3.8) is 0 Å². The lowest BCUT2D eigenvalue weighted by atomic mass is 10.0. The summed E-state index contributed by atoms with van der Waals surface area (Å²) < 4.78 is 26.2. The standard InChI is InChI=1S/C25H28FN5O3S/c1-4-34-20-10-5-17(15-21(20)33-3)22(23-24(32)31-25(35-23)27-16(2)28-31)30-13-11-29(12-14-30)19-8-6-18(26)7-9-19/h5-10,15,22,32H,4,11-14H2,1-3H3/t22-/m1/s1.